The molecule has 1 aromatic carbocycles. The van der Waals surface area contributed by atoms with Crippen molar-refractivity contribution < 1.29 is 0 Å². The Morgan fingerprint density at radius 3 is 2.59 bits per heavy atom. The van der Waals surface area contributed by atoms with Crippen LogP contribution in [-0.2, 0) is 0 Å². The van der Waals surface area contributed by atoms with Gasteiger partial charge in [0.1, 0.15) is 11.8 Å². The molecule has 2 atom stereocenters. The number of fused-ring (bicyclic) bond motifs is 2. The second-order valence-corrected chi connectivity index (χ2v) is 7.52. The van der Waals surface area contributed by atoms with Crippen molar-refractivity contribution in [2.75, 3.05) is 23.4 Å². The summed E-state index contributed by atoms with van der Waals surface area (Å²) in [6.45, 7) is 11.5. The molecule has 0 fully saturated rings. The molecule has 0 saturated carbocycles. The van der Waals surface area contributed by atoms with Crippen molar-refractivity contribution in [3.05, 3.63) is 47.0 Å². The molecule has 32 heavy (non-hydrogen) atoms. The number of hydrogen-bond donors (Lipinski definition) is 2. The van der Waals surface area contributed by atoms with E-state index in [0.29, 0.717) is 47.7 Å². The standard InChI is InChI=1S/C20H25N8OP.C2H6/c1-4-12(25-18-16-17(22-10-21-16)23-11-24-18)19-26-13-8-7-9-14(30)15(13)20(29)28(19)27(5-2)6-3;1-2/h7-12H,4-6,30H2,1-3H3,(H2,21,22,23,24,25);1-2H3. The number of aromatic nitrogens is 6. The van der Waals surface area contributed by atoms with Crippen molar-refractivity contribution in [1.82, 2.24) is 29.6 Å². The Labute approximate surface area is 189 Å². The highest BCUT2D eigenvalue weighted by Crippen LogP contribution is 2.24. The van der Waals surface area contributed by atoms with Gasteiger partial charge < -0.3 is 15.3 Å². The third kappa shape index (κ3) is 4.30. The Kier molecular flexibility index (Phi) is 7.75. The van der Waals surface area contributed by atoms with Gasteiger partial charge in [0.25, 0.3) is 5.56 Å². The quantitative estimate of drug-likeness (QED) is 0.414. The van der Waals surface area contributed by atoms with Crippen LogP contribution in [0, 0.1) is 0 Å². The smallest absolute Gasteiger partial charge is 0.280 e. The van der Waals surface area contributed by atoms with Gasteiger partial charge in [-0.2, -0.15) is 0 Å². The van der Waals surface area contributed by atoms with Crippen molar-refractivity contribution in [3.8, 4) is 0 Å². The fraction of sp³-hybridized carbons (Fsp3) is 0.409. The van der Waals surface area contributed by atoms with Crippen molar-refractivity contribution in [1.29, 1.82) is 0 Å². The van der Waals surface area contributed by atoms with Gasteiger partial charge >= 0.3 is 0 Å². The van der Waals surface area contributed by atoms with Crippen LogP contribution in [0.3, 0.4) is 0 Å². The number of anilines is 1. The lowest BCUT2D eigenvalue weighted by Gasteiger charge is -2.29. The highest BCUT2D eigenvalue weighted by atomic mass is 31.0. The first-order valence-corrected chi connectivity index (χ1v) is 11.6. The molecule has 3 heterocycles. The van der Waals surface area contributed by atoms with Gasteiger partial charge in [0.15, 0.2) is 17.3 Å². The van der Waals surface area contributed by atoms with Crippen molar-refractivity contribution >= 4 is 42.4 Å². The van der Waals surface area contributed by atoms with Crippen LogP contribution in [0.2, 0.25) is 0 Å². The minimum absolute atomic E-state index is 0.0704. The zero-order chi connectivity index (χ0) is 23.3. The molecule has 0 aliphatic rings. The third-order valence-corrected chi connectivity index (χ3v) is 5.68. The average Bonchev–Trinajstić information content (AvgIpc) is 3.30. The first-order chi connectivity index (χ1) is 15.6. The Bertz CT molecular complexity index is 1250. The number of benzene rings is 1. The van der Waals surface area contributed by atoms with E-state index in [1.165, 1.54) is 6.33 Å². The van der Waals surface area contributed by atoms with Gasteiger partial charge in [-0.05, 0) is 31.6 Å². The SMILES string of the molecule is CC.CCC(Nc1ncnc2nc[nH]c12)c1nc2cccc(P)c2c(=O)n1N(CC)CC. The van der Waals surface area contributed by atoms with Crippen molar-refractivity contribution in [2.45, 2.75) is 47.1 Å². The van der Waals surface area contributed by atoms with E-state index < -0.39 is 0 Å². The largest absolute Gasteiger partial charge is 0.358 e. The highest BCUT2D eigenvalue weighted by Gasteiger charge is 2.23. The minimum Gasteiger partial charge on any atom is -0.358 e. The molecular formula is C22H31N8OP. The van der Waals surface area contributed by atoms with E-state index in [9.17, 15) is 4.79 Å². The van der Waals surface area contributed by atoms with E-state index in [-0.39, 0.29) is 11.6 Å². The van der Waals surface area contributed by atoms with Crippen LogP contribution >= 0.6 is 9.24 Å². The van der Waals surface area contributed by atoms with Crippen LogP contribution in [0.1, 0.15) is 52.9 Å². The second kappa shape index (κ2) is 10.5. The number of hydrogen-bond acceptors (Lipinski definition) is 7. The van der Waals surface area contributed by atoms with E-state index in [4.69, 9.17) is 4.98 Å². The zero-order valence-electron chi connectivity index (χ0n) is 19.3. The highest BCUT2D eigenvalue weighted by molar-refractivity contribution is 7.28. The molecule has 170 valence electrons. The zero-order valence-corrected chi connectivity index (χ0v) is 20.4. The average molecular weight is 455 g/mol. The van der Waals surface area contributed by atoms with Crippen LogP contribution in [0.15, 0.2) is 35.6 Å². The fourth-order valence-electron chi connectivity index (χ4n) is 3.66. The monoisotopic (exact) mass is 454 g/mol. The van der Waals surface area contributed by atoms with Crippen molar-refractivity contribution in [2.24, 2.45) is 0 Å². The maximum Gasteiger partial charge on any atom is 0.280 e. The Balaban J connectivity index is 0.00000141. The van der Waals surface area contributed by atoms with Gasteiger partial charge in [-0.1, -0.05) is 32.9 Å². The number of nitrogens with zero attached hydrogens (tertiary/aromatic N) is 6. The summed E-state index contributed by atoms with van der Waals surface area (Å²) in [5, 5.41) is 6.90. The lowest BCUT2D eigenvalue weighted by atomic mass is 10.1. The second-order valence-electron chi connectivity index (χ2n) is 6.90. The molecule has 10 heteroatoms. The number of nitrogens with one attached hydrogen (secondary N) is 2. The Hall–Kier alpha value is -3.06. The lowest BCUT2D eigenvalue weighted by Crippen LogP contribution is -2.46. The summed E-state index contributed by atoms with van der Waals surface area (Å²) in [5.41, 5.74) is 1.92. The van der Waals surface area contributed by atoms with Gasteiger partial charge in [0.05, 0.1) is 23.3 Å². The summed E-state index contributed by atoms with van der Waals surface area (Å²) in [5.74, 6) is 1.28. The van der Waals surface area contributed by atoms with Crippen LogP contribution in [0.25, 0.3) is 22.1 Å². The Morgan fingerprint density at radius 2 is 1.91 bits per heavy atom. The van der Waals surface area contributed by atoms with Gasteiger partial charge in [-0.15, -0.1) is 9.24 Å². The molecule has 0 saturated heterocycles. The molecule has 0 radical (unpaired) electrons. The lowest BCUT2D eigenvalue weighted by molar-refractivity contribution is 0.531. The first-order valence-electron chi connectivity index (χ1n) is 11.1. The summed E-state index contributed by atoms with van der Waals surface area (Å²) in [6.07, 6.45) is 3.77. The molecule has 9 nitrogen and oxygen atoms in total. The van der Waals surface area contributed by atoms with Crippen LogP contribution in [0.5, 0.6) is 0 Å². The molecule has 4 aromatic rings. The number of imidazole rings is 1. The molecule has 2 unspecified atom stereocenters. The molecule has 0 aliphatic heterocycles. The third-order valence-electron chi connectivity index (χ3n) is 5.20. The molecular weight excluding hydrogens is 423 g/mol. The number of H-pyrrole nitrogens is 1. The van der Waals surface area contributed by atoms with Crippen LogP contribution < -0.4 is 21.2 Å². The first kappa shape index (κ1) is 23.6. The molecule has 0 aliphatic carbocycles. The summed E-state index contributed by atoms with van der Waals surface area (Å²) in [6, 6.07) is 5.46. The van der Waals surface area contributed by atoms with E-state index >= 15 is 0 Å². The summed E-state index contributed by atoms with van der Waals surface area (Å²) in [7, 11) is 2.64. The minimum atomic E-state index is -0.239. The Morgan fingerprint density at radius 1 is 1.16 bits per heavy atom. The topological polar surface area (TPSA) is 105 Å². The van der Waals surface area contributed by atoms with Crippen LogP contribution in [0.4, 0.5) is 5.82 Å². The van der Waals surface area contributed by atoms with E-state index in [1.807, 2.05) is 50.9 Å². The predicted octanol–water partition coefficient (Wildman–Crippen LogP) is 3.13. The van der Waals surface area contributed by atoms with Gasteiger partial charge in [0.2, 0.25) is 0 Å². The van der Waals surface area contributed by atoms with Gasteiger partial charge in [-0.25, -0.2) is 24.6 Å². The van der Waals surface area contributed by atoms with E-state index in [1.54, 1.807) is 11.0 Å². The number of rotatable bonds is 7. The summed E-state index contributed by atoms with van der Waals surface area (Å²) < 4.78 is 1.71. The van der Waals surface area contributed by atoms with E-state index in [2.05, 4.69) is 41.4 Å². The number of aromatic amines is 1. The normalized spacial score (nSPS) is 11.8. The summed E-state index contributed by atoms with van der Waals surface area (Å²) >= 11 is 0. The van der Waals surface area contributed by atoms with Crippen molar-refractivity contribution in [3.63, 3.8) is 0 Å². The summed E-state index contributed by atoms with van der Waals surface area (Å²) in [4.78, 5) is 34.3. The predicted molar refractivity (Wildman–Crippen MR) is 134 cm³/mol. The van der Waals surface area contributed by atoms with Crippen LogP contribution in [-0.4, -0.2) is 42.7 Å². The molecule has 0 bridgehead atoms. The molecule has 0 spiro atoms. The fourth-order valence-corrected chi connectivity index (χ4v) is 4.04. The molecule has 3 aromatic heterocycles. The maximum atomic E-state index is 13.6. The molecule has 4 rings (SSSR count). The van der Waals surface area contributed by atoms with E-state index in [0.717, 1.165) is 10.8 Å². The van der Waals surface area contributed by atoms with Gasteiger partial charge in [0, 0.05) is 13.1 Å². The maximum absolute atomic E-state index is 13.6. The molecule has 0 amide bonds. The van der Waals surface area contributed by atoms with Gasteiger partial charge in [-0.3, -0.25) is 4.79 Å². The molecule has 2 N–H and O–H groups in total.